The summed E-state index contributed by atoms with van der Waals surface area (Å²) in [6.07, 6.45) is 6.75. The molecule has 1 atom stereocenters. The van der Waals surface area contributed by atoms with Gasteiger partial charge in [0, 0.05) is 18.2 Å². The van der Waals surface area contributed by atoms with E-state index in [1.807, 2.05) is 19.1 Å². The Morgan fingerprint density at radius 1 is 1.28 bits per heavy atom. The van der Waals surface area contributed by atoms with E-state index >= 15 is 0 Å². The molecular weight excluding hydrogens is 225 g/mol. The fourth-order valence-corrected chi connectivity index (χ4v) is 2.91. The lowest BCUT2D eigenvalue weighted by atomic mass is 9.84. The first-order chi connectivity index (χ1) is 8.66. The van der Waals surface area contributed by atoms with Gasteiger partial charge in [0.25, 0.3) is 0 Å². The minimum atomic E-state index is -0.0936. The molecule has 1 N–H and O–H groups in total. The SMILES string of the molecule is Cc1ccc(F)c(CNC(C)C2CCCCC2)c1. The fraction of sp³-hybridized carbons (Fsp3) is 0.625. The third-order valence-corrected chi connectivity index (χ3v) is 4.17. The second kappa shape index (κ2) is 6.33. The largest absolute Gasteiger partial charge is 0.310 e. The number of halogens is 1. The molecule has 2 heteroatoms. The molecule has 0 spiro atoms. The van der Waals surface area contributed by atoms with Gasteiger partial charge in [0.05, 0.1) is 0 Å². The van der Waals surface area contributed by atoms with Crippen molar-refractivity contribution in [2.75, 3.05) is 0 Å². The molecule has 2 rings (SSSR count). The highest BCUT2D eigenvalue weighted by Crippen LogP contribution is 2.26. The minimum Gasteiger partial charge on any atom is -0.310 e. The van der Waals surface area contributed by atoms with Gasteiger partial charge in [-0.15, -0.1) is 0 Å². The van der Waals surface area contributed by atoms with E-state index in [-0.39, 0.29) is 5.82 Å². The molecule has 0 aromatic heterocycles. The van der Waals surface area contributed by atoms with Crippen LogP contribution in [0.2, 0.25) is 0 Å². The van der Waals surface area contributed by atoms with E-state index in [9.17, 15) is 4.39 Å². The van der Waals surface area contributed by atoms with Gasteiger partial charge in [0.1, 0.15) is 5.82 Å². The monoisotopic (exact) mass is 249 g/mol. The first-order valence-electron chi connectivity index (χ1n) is 7.15. The van der Waals surface area contributed by atoms with Crippen LogP contribution in [0.25, 0.3) is 0 Å². The Labute approximate surface area is 110 Å². The van der Waals surface area contributed by atoms with Crippen LogP contribution in [0.1, 0.15) is 50.2 Å². The van der Waals surface area contributed by atoms with Crippen molar-refractivity contribution in [3.05, 3.63) is 35.1 Å². The fourth-order valence-electron chi connectivity index (χ4n) is 2.91. The summed E-state index contributed by atoms with van der Waals surface area (Å²) in [4.78, 5) is 0. The molecule has 1 aromatic carbocycles. The third kappa shape index (κ3) is 3.55. The van der Waals surface area contributed by atoms with Crippen molar-refractivity contribution in [1.82, 2.24) is 5.32 Å². The van der Waals surface area contributed by atoms with Gasteiger partial charge >= 0.3 is 0 Å². The Morgan fingerprint density at radius 3 is 2.72 bits per heavy atom. The highest BCUT2D eigenvalue weighted by molar-refractivity contribution is 5.23. The van der Waals surface area contributed by atoms with Gasteiger partial charge in [-0.3, -0.25) is 0 Å². The average Bonchev–Trinajstić information content (AvgIpc) is 2.40. The van der Waals surface area contributed by atoms with Crippen LogP contribution < -0.4 is 5.32 Å². The lowest BCUT2D eigenvalue weighted by Crippen LogP contribution is -2.34. The molecule has 0 aliphatic heterocycles. The molecule has 1 unspecified atom stereocenters. The number of aryl methyl sites for hydroxylation is 1. The average molecular weight is 249 g/mol. The van der Waals surface area contributed by atoms with Crippen LogP contribution in [0.4, 0.5) is 4.39 Å². The predicted octanol–water partition coefficient (Wildman–Crippen LogP) is 4.19. The zero-order chi connectivity index (χ0) is 13.0. The van der Waals surface area contributed by atoms with Crippen molar-refractivity contribution in [1.29, 1.82) is 0 Å². The van der Waals surface area contributed by atoms with Crippen LogP contribution in [0.15, 0.2) is 18.2 Å². The first-order valence-corrected chi connectivity index (χ1v) is 7.15. The number of nitrogens with one attached hydrogen (secondary N) is 1. The van der Waals surface area contributed by atoms with E-state index in [1.54, 1.807) is 6.07 Å². The summed E-state index contributed by atoms with van der Waals surface area (Å²) >= 11 is 0. The molecule has 0 saturated heterocycles. The highest BCUT2D eigenvalue weighted by atomic mass is 19.1. The zero-order valence-electron chi connectivity index (χ0n) is 11.5. The Hall–Kier alpha value is -0.890. The summed E-state index contributed by atoms with van der Waals surface area (Å²) in [5.41, 5.74) is 1.91. The molecule has 0 bridgehead atoms. The lowest BCUT2D eigenvalue weighted by Gasteiger charge is -2.28. The molecule has 1 aromatic rings. The quantitative estimate of drug-likeness (QED) is 0.843. The standard InChI is InChI=1S/C16H24FN/c1-12-8-9-16(17)15(10-12)11-18-13(2)14-6-4-3-5-7-14/h8-10,13-14,18H,3-7,11H2,1-2H3. The van der Waals surface area contributed by atoms with Crippen LogP contribution in [-0.4, -0.2) is 6.04 Å². The summed E-state index contributed by atoms with van der Waals surface area (Å²) in [5, 5.41) is 3.50. The molecule has 100 valence electrons. The van der Waals surface area contributed by atoms with Crippen molar-refractivity contribution in [2.45, 2.75) is 58.5 Å². The molecular formula is C16H24FN. The summed E-state index contributed by atoms with van der Waals surface area (Å²) in [6.45, 7) is 4.89. The Kier molecular flexibility index (Phi) is 4.76. The second-order valence-corrected chi connectivity index (χ2v) is 5.66. The Balaban J connectivity index is 1.88. The van der Waals surface area contributed by atoms with E-state index in [1.165, 1.54) is 32.1 Å². The molecule has 0 heterocycles. The Morgan fingerprint density at radius 2 is 2.00 bits per heavy atom. The van der Waals surface area contributed by atoms with Crippen molar-refractivity contribution in [2.24, 2.45) is 5.92 Å². The van der Waals surface area contributed by atoms with Crippen molar-refractivity contribution >= 4 is 0 Å². The topological polar surface area (TPSA) is 12.0 Å². The Bertz CT molecular complexity index is 383. The van der Waals surface area contributed by atoms with E-state index in [0.717, 1.165) is 17.0 Å². The molecule has 1 aliphatic rings. The van der Waals surface area contributed by atoms with Crippen LogP contribution in [0, 0.1) is 18.7 Å². The normalized spacial score (nSPS) is 18.8. The maximum atomic E-state index is 13.6. The molecule has 0 amide bonds. The van der Waals surface area contributed by atoms with E-state index < -0.39 is 0 Å². The molecule has 0 radical (unpaired) electrons. The number of benzene rings is 1. The highest BCUT2D eigenvalue weighted by Gasteiger charge is 2.19. The summed E-state index contributed by atoms with van der Waals surface area (Å²) in [7, 11) is 0. The van der Waals surface area contributed by atoms with Gasteiger partial charge in [0.15, 0.2) is 0 Å². The predicted molar refractivity (Wildman–Crippen MR) is 74.0 cm³/mol. The van der Waals surface area contributed by atoms with E-state index in [4.69, 9.17) is 0 Å². The lowest BCUT2D eigenvalue weighted by molar-refractivity contribution is 0.280. The smallest absolute Gasteiger partial charge is 0.127 e. The molecule has 1 saturated carbocycles. The zero-order valence-corrected chi connectivity index (χ0v) is 11.5. The summed E-state index contributed by atoms with van der Waals surface area (Å²) in [5.74, 6) is 0.676. The van der Waals surface area contributed by atoms with Crippen molar-refractivity contribution in [3.63, 3.8) is 0 Å². The van der Waals surface area contributed by atoms with E-state index in [0.29, 0.717) is 12.6 Å². The maximum Gasteiger partial charge on any atom is 0.127 e. The maximum absolute atomic E-state index is 13.6. The van der Waals surface area contributed by atoms with Gasteiger partial charge in [-0.05, 0) is 38.7 Å². The number of rotatable bonds is 4. The van der Waals surface area contributed by atoms with Gasteiger partial charge in [-0.2, -0.15) is 0 Å². The van der Waals surface area contributed by atoms with Crippen LogP contribution >= 0.6 is 0 Å². The van der Waals surface area contributed by atoms with Crippen LogP contribution in [0.3, 0.4) is 0 Å². The summed E-state index contributed by atoms with van der Waals surface area (Å²) < 4.78 is 13.6. The van der Waals surface area contributed by atoms with Gasteiger partial charge < -0.3 is 5.32 Å². The van der Waals surface area contributed by atoms with E-state index in [2.05, 4.69) is 12.2 Å². The van der Waals surface area contributed by atoms with Gasteiger partial charge in [-0.25, -0.2) is 4.39 Å². The number of hydrogen-bond donors (Lipinski definition) is 1. The van der Waals surface area contributed by atoms with Gasteiger partial charge in [-0.1, -0.05) is 37.0 Å². The molecule has 1 nitrogen and oxygen atoms in total. The van der Waals surface area contributed by atoms with Crippen molar-refractivity contribution < 1.29 is 4.39 Å². The molecule has 1 fully saturated rings. The first kappa shape index (κ1) is 13.5. The molecule has 18 heavy (non-hydrogen) atoms. The van der Waals surface area contributed by atoms with Crippen LogP contribution in [-0.2, 0) is 6.54 Å². The van der Waals surface area contributed by atoms with Crippen molar-refractivity contribution in [3.8, 4) is 0 Å². The minimum absolute atomic E-state index is 0.0936. The second-order valence-electron chi connectivity index (χ2n) is 5.66. The van der Waals surface area contributed by atoms with Gasteiger partial charge in [0.2, 0.25) is 0 Å². The molecule has 1 aliphatic carbocycles. The third-order valence-electron chi connectivity index (χ3n) is 4.17. The summed E-state index contributed by atoms with van der Waals surface area (Å²) in [6, 6.07) is 5.82. The van der Waals surface area contributed by atoms with Crippen LogP contribution in [0.5, 0.6) is 0 Å². The number of hydrogen-bond acceptors (Lipinski definition) is 1.